The Bertz CT molecular complexity index is 648. The molecule has 21 heavy (non-hydrogen) atoms. The van der Waals surface area contributed by atoms with Crippen molar-refractivity contribution < 1.29 is 14.3 Å². The van der Waals surface area contributed by atoms with E-state index >= 15 is 0 Å². The van der Waals surface area contributed by atoms with Crippen molar-refractivity contribution in [3.63, 3.8) is 0 Å². The molecule has 0 bridgehead atoms. The maximum atomic E-state index is 11.0. The molecule has 0 fully saturated rings. The lowest BCUT2D eigenvalue weighted by Gasteiger charge is -2.12. The molecule has 6 heteroatoms. The number of benzene rings is 2. The predicted octanol–water partition coefficient (Wildman–Crippen LogP) is 5.00. The number of esters is 1. The summed E-state index contributed by atoms with van der Waals surface area (Å²) in [4.78, 5) is 11.0. The topological polar surface area (TPSA) is 35.5 Å². The highest BCUT2D eigenvalue weighted by Crippen LogP contribution is 2.32. The number of hydrogen-bond acceptors (Lipinski definition) is 3. The summed E-state index contributed by atoms with van der Waals surface area (Å²) in [5, 5.41) is 0. The van der Waals surface area contributed by atoms with Gasteiger partial charge in [-0.05, 0) is 97.6 Å². The Morgan fingerprint density at radius 3 is 2.33 bits per heavy atom. The lowest BCUT2D eigenvalue weighted by atomic mass is 10.2. The summed E-state index contributed by atoms with van der Waals surface area (Å²) in [6.07, 6.45) is 0. The largest absolute Gasteiger partial charge is 0.487 e. The summed E-state index contributed by atoms with van der Waals surface area (Å²) in [7, 11) is 0. The second-order valence-corrected chi connectivity index (χ2v) is 7.80. The third-order valence-corrected chi connectivity index (χ3v) is 4.78. The fraction of sp³-hybridized carbons (Fsp3) is 0.133. The first-order chi connectivity index (χ1) is 9.95. The van der Waals surface area contributed by atoms with Crippen LogP contribution in [0.1, 0.15) is 12.5 Å². The van der Waals surface area contributed by atoms with E-state index < -0.39 is 0 Å². The van der Waals surface area contributed by atoms with Crippen molar-refractivity contribution in [2.75, 3.05) is 0 Å². The molecule has 0 aliphatic rings. The summed E-state index contributed by atoms with van der Waals surface area (Å²) in [5.74, 6) is 1.03. The predicted molar refractivity (Wildman–Crippen MR) is 107 cm³/mol. The molecule has 0 radical (unpaired) electrons. The molecular formula is C15H11I3O3. The zero-order valence-electron chi connectivity index (χ0n) is 11.0. The van der Waals surface area contributed by atoms with Crippen LogP contribution in [0.2, 0.25) is 0 Å². The Morgan fingerprint density at radius 2 is 1.76 bits per heavy atom. The molecule has 2 aromatic rings. The van der Waals surface area contributed by atoms with Gasteiger partial charge >= 0.3 is 5.97 Å². The molecule has 0 atom stereocenters. The van der Waals surface area contributed by atoms with Gasteiger partial charge in [0.25, 0.3) is 0 Å². The molecule has 0 saturated heterocycles. The zero-order chi connectivity index (χ0) is 15.4. The van der Waals surface area contributed by atoms with Gasteiger partial charge in [0.1, 0.15) is 18.1 Å². The van der Waals surface area contributed by atoms with E-state index in [4.69, 9.17) is 9.47 Å². The van der Waals surface area contributed by atoms with E-state index in [-0.39, 0.29) is 5.97 Å². The minimum Gasteiger partial charge on any atom is -0.487 e. The lowest BCUT2D eigenvalue weighted by molar-refractivity contribution is -0.131. The van der Waals surface area contributed by atoms with E-state index in [1.165, 1.54) is 10.5 Å². The highest BCUT2D eigenvalue weighted by atomic mass is 127. The standard InChI is InChI=1S/C15H11I3O3/c1-9(19)21-12-6-13(17)15(14(18)7-12)20-8-10-3-2-4-11(16)5-10/h2-7H,8H2,1H3. The third kappa shape index (κ3) is 5.23. The van der Waals surface area contributed by atoms with Crippen LogP contribution in [-0.2, 0) is 11.4 Å². The highest BCUT2D eigenvalue weighted by Gasteiger charge is 2.11. The smallest absolute Gasteiger partial charge is 0.308 e. The highest BCUT2D eigenvalue weighted by molar-refractivity contribution is 14.1. The molecular weight excluding hydrogens is 609 g/mol. The lowest BCUT2D eigenvalue weighted by Crippen LogP contribution is -2.04. The van der Waals surface area contributed by atoms with Crippen LogP contribution in [0.25, 0.3) is 0 Å². The molecule has 2 rings (SSSR count). The average Bonchev–Trinajstić information content (AvgIpc) is 2.37. The third-order valence-electron chi connectivity index (χ3n) is 2.51. The quantitative estimate of drug-likeness (QED) is 0.275. The van der Waals surface area contributed by atoms with E-state index in [0.717, 1.165) is 18.5 Å². The Morgan fingerprint density at radius 1 is 1.10 bits per heavy atom. The summed E-state index contributed by atoms with van der Waals surface area (Å²) in [5.41, 5.74) is 1.12. The van der Waals surface area contributed by atoms with Gasteiger partial charge < -0.3 is 9.47 Å². The molecule has 0 aliphatic heterocycles. The first-order valence-electron chi connectivity index (χ1n) is 6.00. The van der Waals surface area contributed by atoms with E-state index in [1.807, 2.05) is 18.2 Å². The van der Waals surface area contributed by atoms with Crippen LogP contribution in [0.4, 0.5) is 0 Å². The van der Waals surface area contributed by atoms with Crippen molar-refractivity contribution >= 4 is 73.7 Å². The van der Waals surface area contributed by atoms with Crippen molar-refractivity contribution in [1.29, 1.82) is 0 Å². The van der Waals surface area contributed by atoms with Crippen LogP contribution in [-0.4, -0.2) is 5.97 Å². The van der Waals surface area contributed by atoms with Gasteiger partial charge in [-0.15, -0.1) is 0 Å². The van der Waals surface area contributed by atoms with Gasteiger partial charge in [-0.1, -0.05) is 12.1 Å². The summed E-state index contributed by atoms with van der Waals surface area (Å²) in [6, 6.07) is 11.8. The number of ether oxygens (including phenoxy) is 2. The Kier molecular flexibility index (Phi) is 6.53. The number of halogens is 3. The molecule has 0 amide bonds. The van der Waals surface area contributed by atoms with Gasteiger partial charge in [-0.3, -0.25) is 4.79 Å². The fourth-order valence-corrected chi connectivity index (χ4v) is 4.31. The normalized spacial score (nSPS) is 10.3. The van der Waals surface area contributed by atoms with Gasteiger partial charge in [0.05, 0.1) is 7.14 Å². The first kappa shape index (κ1) is 17.3. The first-order valence-corrected chi connectivity index (χ1v) is 9.24. The molecule has 3 nitrogen and oxygen atoms in total. The minimum atomic E-state index is -0.325. The minimum absolute atomic E-state index is 0.325. The van der Waals surface area contributed by atoms with Crippen molar-refractivity contribution in [2.45, 2.75) is 13.5 Å². The van der Waals surface area contributed by atoms with Crippen molar-refractivity contribution in [3.05, 3.63) is 52.7 Å². The van der Waals surface area contributed by atoms with Crippen molar-refractivity contribution in [3.8, 4) is 11.5 Å². The van der Waals surface area contributed by atoms with Gasteiger partial charge in [-0.2, -0.15) is 0 Å². The maximum absolute atomic E-state index is 11.0. The average molecular weight is 620 g/mol. The van der Waals surface area contributed by atoms with Gasteiger partial charge in [0.15, 0.2) is 0 Å². The second-order valence-electron chi connectivity index (χ2n) is 4.23. The van der Waals surface area contributed by atoms with Crippen molar-refractivity contribution in [1.82, 2.24) is 0 Å². The van der Waals surface area contributed by atoms with E-state index in [1.54, 1.807) is 12.1 Å². The van der Waals surface area contributed by atoms with E-state index in [2.05, 4.69) is 73.8 Å². The van der Waals surface area contributed by atoms with Crippen LogP contribution in [0, 0.1) is 10.7 Å². The molecule has 0 aliphatic carbocycles. The summed E-state index contributed by atoms with van der Waals surface area (Å²) < 4.78 is 14.0. The van der Waals surface area contributed by atoms with E-state index in [9.17, 15) is 4.79 Å². The molecule has 2 aromatic carbocycles. The molecule has 0 saturated carbocycles. The SMILES string of the molecule is CC(=O)Oc1cc(I)c(OCc2cccc(I)c2)c(I)c1. The molecule has 0 spiro atoms. The fourth-order valence-electron chi connectivity index (χ4n) is 1.68. The van der Waals surface area contributed by atoms with Gasteiger partial charge in [0, 0.05) is 10.5 Å². The summed E-state index contributed by atoms with van der Waals surface area (Å²) >= 11 is 6.65. The number of carbonyl (C=O) groups is 1. The van der Waals surface area contributed by atoms with Crippen LogP contribution < -0.4 is 9.47 Å². The molecule has 0 unspecified atom stereocenters. The maximum Gasteiger partial charge on any atom is 0.308 e. The second kappa shape index (κ2) is 7.95. The van der Waals surface area contributed by atoms with Crippen LogP contribution >= 0.6 is 67.8 Å². The van der Waals surface area contributed by atoms with Crippen molar-refractivity contribution in [2.24, 2.45) is 0 Å². The molecule has 0 heterocycles. The van der Waals surface area contributed by atoms with E-state index in [0.29, 0.717) is 12.4 Å². The Labute approximate surface area is 164 Å². The van der Waals surface area contributed by atoms with Crippen LogP contribution in [0.15, 0.2) is 36.4 Å². The summed E-state index contributed by atoms with van der Waals surface area (Å²) in [6.45, 7) is 1.90. The Balaban J connectivity index is 2.15. The van der Waals surface area contributed by atoms with Crippen LogP contribution in [0.5, 0.6) is 11.5 Å². The van der Waals surface area contributed by atoms with Gasteiger partial charge in [0.2, 0.25) is 0 Å². The molecule has 110 valence electrons. The number of carbonyl (C=O) groups excluding carboxylic acids is 1. The number of rotatable bonds is 4. The molecule has 0 aromatic heterocycles. The zero-order valence-corrected chi connectivity index (χ0v) is 17.5. The Hall–Kier alpha value is -0.100. The number of hydrogen-bond donors (Lipinski definition) is 0. The monoisotopic (exact) mass is 620 g/mol. The molecule has 0 N–H and O–H groups in total. The van der Waals surface area contributed by atoms with Crippen LogP contribution in [0.3, 0.4) is 0 Å². The van der Waals surface area contributed by atoms with Gasteiger partial charge in [-0.25, -0.2) is 0 Å².